The topological polar surface area (TPSA) is 99.1 Å². The molecule has 8 nitrogen and oxygen atoms in total. The molecule has 0 aromatic rings. The first-order chi connectivity index (χ1) is 30.6. The molecule has 360 valence electrons. The van der Waals surface area contributed by atoms with Crippen LogP contribution in [-0.4, -0.2) is 80.6 Å². The van der Waals surface area contributed by atoms with Gasteiger partial charge in [-0.05, 0) is 57.8 Å². The van der Waals surface area contributed by atoms with E-state index < -0.39 is 18.1 Å². The number of rotatable bonds is 44. The first-order valence-corrected chi connectivity index (χ1v) is 25.2. The minimum Gasteiger partial charge on any atom is -0.477 e. The summed E-state index contributed by atoms with van der Waals surface area (Å²) in [6, 6.07) is -0.629. The fraction of sp³-hybridized carbons (Fsp3) is 0.691. The molecule has 0 fully saturated rings. The van der Waals surface area contributed by atoms with Crippen LogP contribution in [0.4, 0.5) is 0 Å². The van der Waals surface area contributed by atoms with Gasteiger partial charge >= 0.3 is 17.9 Å². The zero-order valence-electron chi connectivity index (χ0n) is 41.0. The van der Waals surface area contributed by atoms with Gasteiger partial charge in [0.25, 0.3) is 0 Å². The molecule has 0 aromatic carbocycles. The van der Waals surface area contributed by atoms with E-state index in [1.165, 1.54) is 109 Å². The van der Waals surface area contributed by atoms with Crippen LogP contribution in [0.1, 0.15) is 194 Å². The van der Waals surface area contributed by atoms with Gasteiger partial charge in [0.1, 0.15) is 6.61 Å². The number of allylic oxidation sites excluding steroid dienone is 14. The first-order valence-electron chi connectivity index (χ1n) is 25.2. The van der Waals surface area contributed by atoms with Crippen molar-refractivity contribution in [2.75, 3.05) is 41.0 Å². The highest BCUT2D eigenvalue weighted by molar-refractivity contribution is 5.72. The van der Waals surface area contributed by atoms with Crippen LogP contribution in [0.15, 0.2) is 85.1 Å². The molecule has 0 aliphatic carbocycles. The Kier molecular flexibility index (Phi) is 42.6. The Bertz CT molecular complexity index is 1300. The number of hydrogen-bond donors (Lipinski definition) is 1. The van der Waals surface area contributed by atoms with Crippen LogP contribution in [0.3, 0.4) is 0 Å². The molecular formula is C55H94NO7+. The molecule has 0 spiro atoms. The van der Waals surface area contributed by atoms with E-state index in [2.05, 4.69) is 38.2 Å². The molecule has 0 amide bonds. The monoisotopic (exact) mass is 881 g/mol. The Morgan fingerprint density at radius 1 is 0.492 bits per heavy atom. The summed E-state index contributed by atoms with van der Waals surface area (Å²) in [4.78, 5) is 37.1. The number of aliphatic carboxylic acids is 1. The number of esters is 2. The number of nitrogens with zero attached hydrogens (tertiary/aromatic N) is 1. The fourth-order valence-electron chi connectivity index (χ4n) is 7.06. The molecule has 0 heterocycles. The number of unbranched alkanes of at least 4 members (excludes halogenated alkanes) is 21. The van der Waals surface area contributed by atoms with Crippen molar-refractivity contribution >= 4 is 17.9 Å². The number of carboxylic acid groups (broad SMARTS) is 1. The van der Waals surface area contributed by atoms with Crippen LogP contribution in [0.2, 0.25) is 0 Å². The second-order valence-electron chi connectivity index (χ2n) is 17.8. The summed E-state index contributed by atoms with van der Waals surface area (Å²) in [7, 11) is 5.51. The standard InChI is InChI=1S/C55H93NO7/c1-6-8-10-12-14-16-18-20-22-24-25-26-27-28-30-31-33-35-37-39-41-43-45-53(57)62-50-51(49-61-48-47-52(55(59)60)56(3,4)5)63-54(58)46-44-42-40-38-36-34-32-29-23-21-19-17-15-13-11-9-7-2/h9,11,13,15,17,19,21,23,27-29,32,34,36,51-52H,6-8,10,12,14,16,18,20,22,24-26,30-31,33,35,37-50H2,1-5H3/p+1/b11-9+,15-13+,19-17+,23-21+,28-27+,32-29+,36-34+. The normalized spacial score (nSPS) is 13.6. The van der Waals surface area contributed by atoms with Crippen molar-refractivity contribution in [3.63, 3.8) is 0 Å². The quantitative estimate of drug-likeness (QED) is 0.0214. The van der Waals surface area contributed by atoms with Gasteiger partial charge in [-0.3, -0.25) is 9.59 Å². The lowest BCUT2D eigenvalue weighted by Crippen LogP contribution is -2.50. The lowest BCUT2D eigenvalue weighted by atomic mass is 10.0. The summed E-state index contributed by atoms with van der Waals surface area (Å²) in [5.74, 6) is -1.54. The molecule has 1 N–H and O–H groups in total. The zero-order chi connectivity index (χ0) is 46.3. The summed E-state index contributed by atoms with van der Waals surface area (Å²) >= 11 is 0. The molecule has 63 heavy (non-hydrogen) atoms. The maximum atomic E-state index is 12.8. The highest BCUT2D eigenvalue weighted by atomic mass is 16.6. The predicted molar refractivity (Wildman–Crippen MR) is 266 cm³/mol. The summed E-state index contributed by atoms with van der Waals surface area (Å²) in [6.45, 7) is 4.54. The van der Waals surface area contributed by atoms with E-state index >= 15 is 0 Å². The van der Waals surface area contributed by atoms with Gasteiger partial charge in [0.15, 0.2) is 12.1 Å². The van der Waals surface area contributed by atoms with Crippen molar-refractivity contribution < 1.29 is 38.2 Å². The molecule has 8 heteroatoms. The van der Waals surface area contributed by atoms with Crippen molar-refractivity contribution in [1.82, 2.24) is 0 Å². The average Bonchev–Trinajstić information content (AvgIpc) is 3.24. The smallest absolute Gasteiger partial charge is 0.362 e. The molecule has 0 saturated heterocycles. The van der Waals surface area contributed by atoms with Gasteiger partial charge < -0.3 is 23.8 Å². The van der Waals surface area contributed by atoms with Gasteiger partial charge in [0.05, 0.1) is 34.4 Å². The van der Waals surface area contributed by atoms with Gasteiger partial charge in [0.2, 0.25) is 0 Å². The third-order valence-corrected chi connectivity index (χ3v) is 10.9. The molecule has 0 rings (SSSR count). The minimum atomic E-state index is -0.886. The Hall–Kier alpha value is -3.49. The van der Waals surface area contributed by atoms with Crippen LogP contribution in [0.25, 0.3) is 0 Å². The summed E-state index contributed by atoms with van der Waals surface area (Å²) < 4.78 is 17.3. The van der Waals surface area contributed by atoms with Crippen molar-refractivity contribution in [3.05, 3.63) is 85.1 Å². The first kappa shape index (κ1) is 59.5. The van der Waals surface area contributed by atoms with Crippen molar-refractivity contribution in [1.29, 1.82) is 0 Å². The Balaban J connectivity index is 4.33. The number of carboxylic acids is 1. The largest absolute Gasteiger partial charge is 0.477 e. The molecular weight excluding hydrogens is 787 g/mol. The zero-order valence-corrected chi connectivity index (χ0v) is 41.0. The van der Waals surface area contributed by atoms with Crippen LogP contribution < -0.4 is 0 Å². The molecule has 0 bridgehead atoms. The Morgan fingerprint density at radius 3 is 1.38 bits per heavy atom. The summed E-state index contributed by atoms with van der Waals surface area (Å²) in [6.07, 6.45) is 59.2. The molecule has 0 aliphatic rings. The maximum Gasteiger partial charge on any atom is 0.362 e. The van der Waals surface area contributed by atoms with E-state index in [1.807, 2.05) is 81.9 Å². The SMILES string of the molecule is CC/C=C/C=C/C=C/C=C/C=C/C=C/CCCCCC(=O)OC(COCCC(C(=O)O)[N+](C)(C)C)COC(=O)CCCCCCCCC/C=C/CCCCCCCCCCCCC. The lowest BCUT2D eigenvalue weighted by molar-refractivity contribution is -0.887. The van der Waals surface area contributed by atoms with Crippen LogP contribution in [0.5, 0.6) is 0 Å². The van der Waals surface area contributed by atoms with Crippen LogP contribution >= 0.6 is 0 Å². The van der Waals surface area contributed by atoms with E-state index in [0.29, 0.717) is 19.3 Å². The van der Waals surface area contributed by atoms with E-state index in [0.717, 1.165) is 44.9 Å². The maximum absolute atomic E-state index is 12.8. The average molecular weight is 881 g/mol. The van der Waals surface area contributed by atoms with E-state index in [-0.39, 0.29) is 42.7 Å². The third-order valence-electron chi connectivity index (χ3n) is 10.9. The molecule has 0 aromatic heterocycles. The Morgan fingerprint density at radius 2 is 0.905 bits per heavy atom. The number of carbonyl (C=O) groups excluding carboxylic acids is 2. The number of ether oxygens (including phenoxy) is 3. The highest BCUT2D eigenvalue weighted by Gasteiger charge is 2.31. The van der Waals surface area contributed by atoms with E-state index in [4.69, 9.17) is 14.2 Å². The predicted octanol–water partition coefficient (Wildman–Crippen LogP) is 14.5. The lowest BCUT2D eigenvalue weighted by Gasteiger charge is -2.31. The van der Waals surface area contributed by atoms with E-state index in [9.17, 15) is 19.5 Å². The van der Waals surface area contributed by atoms with E-state index in [1.54, 1.807) is 0 Å². The van der Waals surface area contributed by atoms with Crippen molar-refractivity contribution in [2.24, 2.45) is 0 Å². The number of hydrogen-bond acceptors (Lipinski definition) is 6. The van der Waals surface area contributed by atoms with Crippen LogP contribution in [0, 0.1) is 0 Å². The molecule has 0 aliphatic heterocycles. The van der Waals surface area contributed by atoms with Crippen molar-refractivity contribution in [2.45, 2.75) is 206 Å². The third kappa shape index (κ3) is 43.5. The summed E-state index contributed by atoms with van der Waals surface area (Å²) in [5.41, 5.74) is 0. The minimum absolute atomic E-state index is 0.0369. The molecule has 2 unspecified atom stereocenters. The number of quaternary nitrogens is 1. The second-order valence-corrected chi connectivity index (χ2v) is 17.8. The van der Waals surface area contributed by atoms with Gasteiger partial charge in [-0.25, -0.2) is 4.79 Å². The molecule has 2 atom stereocenters. The molecule has 0 radical (unpaired) electrons. The van der Waals surface area contributed by atoms with Gasteiger partial charge in [-0.1, -0.05) is 202 Å². The molecule has 0 saturated carbocycles. The van der Waals surface area contributed by atoms with Gasteiger partial charge in [0, 0.05) is 19.3 Å². The van der Waals surface area contributed by atoms with Gasteiger partial charge in [-0.15, -0.1) is 0 Å². The number of likely N-dealkylation sites (N-methyl/N-ethyl adjacent to an activating group) is 1. The summed E-state index contributed by atoms with van der Waals surface area (Å²) in [5, 5.41) is 9.65. The Labute approximate surface area is 386 Å². The fourth-order valence-corrected chi connectivity index (χ4v) is 7.06. The highest BCUT2D eigenvalue weighted by Crippen LogP contribution is 2.15. The van der Waals surface area contributed by atoms with Gasteiger partial charge in [-0.2, -0.15) is 0 Å². The second kappa shape index (κ2) is 45.1. The van der Waals surface area contributed by atoms with Crippen molar-refractivity contribution in [3.8, 4) is 0 Å². The van der Waals surface area contributed by atoms with Crippen LogP contribution in [-0.2, 0) is 28.6 Å². The number of carbonyl (C=O) groups is 3.